The van der Waals surface area contributed by atoms with Crippen LogP contribution in [0.15, 0.2) is 48.5 Å². The molecule has 2 heterocycles. The van der Waals surface area contributed by atoms with E-state index in [1.54, 1.807) is 17.0 Å². The monoisotopic (exact) mass is 382 g/mol. The lowest BCUT2D eigenvalue weighted by atomic mass is 9.95. The van der Waals surface area contributed by atoms with Gasteiger partial charge in [0.25, 0.3) is 5.91 Å². The Morgan fingerprint density at radius 3 is 2.50 bits per heavy atom. The van der Waals surface area contributed by atoms with E-state index in [-0.39, 0.29) is 30.1 Å². The predicted molar refractivity (Wildman–Crippen MR) is 104 cm³/mol. The van der Waals surface area contributed by atoms with Crippen LogP contribution in [0.3, 0.4) is 0 Å². The summed E-state index contributed by atoms with van der Waals surface area (Å²) in [7, 11) is 0. The molecule has 6 heteroatoms. The van der Waals surface area contributed by atoms with Gasteiger partial charge in [-0.15, -0.1) is 0 Å². The van der Waals surface area contributed by atoms with Gasteiger partial charge in [0, 0.05) is 31.2 Å². The molecule has 0 aliphatic carbocycles. The number of nitrogens with zero attached hydrogens (tertiary/aromatic N) is 2. The van der Waals surface area contributed by atoms with Gasteiger partial charge in [-0.25, -0.2) is 4.39 Å². The minimum atomic E-state index is -0.481. The highest BCUT2D eigenvalue weighted by molar-refractivity contribution is 5.97. The topological polar surface area (TPSA) is 49.9 Å². The molecule has 0 bridgehead atoms. The summed E-state index contributed by atoms with van der Waals surface area (Å²) < 4.78 is 18.9. The summed E-state index contributed by atoms with van der Waals surface area (Å²) in [6, 6.07) is 14.1. The molecule has 2 aliphatic rings. The fourth-order valence-corrected chi connectivity index (χ4v) is 3.96. The molecular formula is C22H23FN2O3. The summed E-state index contributed by atoms with van der Waals surface area (Å²) in [6.45, 7) is 1.57. The van der Waals surface area contributed by atoms with Crippen LogP contribution in [-0.4, -0.2) is 43.0 Å². The highest BCUT2D eigenvalue weighted by atomic mass is 19.1. The van der Waals surface area contributed by atoms with Gasteiger partial charge in [0.15, 0.2) is 18.2 Å². The maximum Gasteiger partial charge on any atom is 0.260 e. The summed E-state index contributed by atoms with van der Waals surface area (Å²) in [5.41, 5.74) is 2.23. The number of anilines is 1. The number of piperidine rings is 1. The van der Waals surface area contributed by atoms with E-state index in [1.165, 1.54) is 17.7 Å². The third-order valence-corrected chi connectivity index (χ3v) is 5.54. The average molecular weight is 382 g/mol. The van der Waals surface area contributed by atoms with Gasteiger partial charge >= 0.3 is 0 Å². The standard InChI is InChI=1S/C22H23FN2O3/c23-18-6-2-4-8-20(18)28-15-21(26)24-12-9-17(10-13-24)22(27)25-14-11-16-5-1-3-7-19(16)25/h1-8,17H,9-15H2. The van der Waals surface area contributed by atoms with Gasteiger partial charge in [-0.05, 0) is 43.0 Å². The molecule has 0 spiro atoms. The Morgan fingerprint density at radius 1 is 1.00 bits per heavy atom. The average Bonchev–Trinajstić information content (AvgIpc) is 3.17. The molecule has 2 aromatic carbocycles. The van der Waals surface area contributed by atoms with Crippen molar-refractivity contribution in [2.75, 3.05) is 31.1 Å². The number of amides is 2. The number of hydrogen-bond donors (Lipinski definition) is 0. The van der Waals surface area contributed by atoms with E-state index in [2.05, 4.69) is 6.07 Å². The number of likely N-dealkylation sites (tertiary alicyclic amines) is 1. The Balaban J connectivity index is 1.29. The van der Waals surface area contributed by atoms with E-state index in [1.807, 2.05) is 23.1 Å². The van der Waals surface area contributed by atoms with Crippen LogP contribution in [0.1, 0.15) is 18.4 Å². The normalized spacial score (nSPS) is 16.8. The molecule has 28 heavy (non-hydrogen) atoms. The maximum atomic E-state index is 13.6. The van der Waals surface area contributed by atoms with Crippen LogP contribution in [-0.2, 0) is 16.0 Å². The van der Waals surface area contributed by atoms with Crippen molar-refractivity contribution in [1.82, 2.24) is 4.90 Å². The first-order valence-corrected chi connectivity index (χ1v) is 9.68. The summed E-state index contributed by atoms with van der Waals surface area (Å²) in [4.78, 5) is 28.9. The third kappa shape index (κ3) is 3.72. The Labute approximate surface area is 163 Å². The van der Waals surface area contributed by atoms with Gasteiger partial charge in [0.2, 0.25) is 5.91 Å². The first-order chi connectivity index (χ1) is 13.6. The molecule has 5 nitrogen and oxygen atoms in total. The van der Waals surface area contributed by atoms with Gasteiger partial charge in [0.05, 0.1) is 0 Å². The lowest BCUT2D eigenvalue weighted by Gasteiger charge is -2.33. The Kier molecular flexibility index (Phi) is 5.28. The molecule has 1 saturated heterocycles. The maximum absolute atomic E-state index is 13.6. The number of carbonyl (C=O) groups is 2. The molecule has 2 aromatic rings. The predicted octanol–water partition coefficient (Wildman–Crippen LogP) is 3.03. The van der Waals surface area contributed by atoms with Crippen molar-refractivity contribution >= 4 is 17.5 Å². The largest absolute Gasteiger partial charge is 0.481 e. The molecule has 0 aromatic heterocycles. The van der Waals surface area contributed by atoms with Crippen molar-refractivity contribution in [3.8, 4) is 5.75 Å². The van der Waals surface area contributed by atoms with Crippen LogP contribution in [0.5, 0.6) is 5.75 Å². The zero-order chi connectivity index (χ0) is 19.5. The molecule has 4 rings (SSSR count). The van der Waals surface area contributed by atoms with E-state index < -0.39 is 5.82 Å². The first kappa shape index (κ1) is 18.5. The molecule has 0 N–H and O–H groups in total. The van der Waals surface area contributed by atoms with Crippen molar-refractivity contribution in [3.05, 3.63) is 59.9 Å². The number of halogens is 1. The van der Waals surface area contributed by atoms with E-state index in [9.17, 15) is 14.0 Å². The number of fused-ring (bicyclic) bond motifs is 1. The highest BCUT2D eigenvalue weighted by Gasteiger charge is 2.33. The molecule has 2 amide bonds. The first-order valence-electron chi connectivity index (χ1n) is 9.68. The molecular weight excluding hydrogens is 359 g/mol. The van der Waals surface area contributed by atoms with Crippen LogP contribution in [0.2, 0.25) is 0 Å². The van der Waals surface area contributed by atoms with E-state index in [4.69, 9.17) is 4.74 Å². The van der Waals surface area contributed by atoms with Crippen molar-refractivity contribution in [2.45, 2.75) is 19.3 Å². The summed E-state index contributed by atoms with van der Waals surface area (Å²) >= 11 is 0. The minimum absolute atomic E-state index is 0.0670. The van der Waals surface area contributed by atoms with E-state index >= 15 is 0 Å². The smallest absolute Gasteiger partial charge is 0.260 e. The van der Waals surface area contributed by atoms with Gasteiger partial charge in [0.1, 0.15) is 0 Å². The SMILES string of the molecule is O=C(COc1ccccc1F)N1CCC(C(=O)N2CCc3ccccc32)CC1. The number of para-hydroxylation sites is 2. The van der Waals surface area contributed by atoms with Crippen LogP contribution >= 0.6 is 0 Å². The highest BCUT2D eigenvalue weighted by Crippen LogP contribution is 2.31. The fraction of sp³-hybridized carbons (Fsp3) is 0.364. The summed E-state index contributed by atoms with van der Waals surface area (Å²) in [5.74, 6) is -0.498. The van der Waals surface area contributed by atoms with Gasteiger partial charge < -0.3 is 14.5 Å². The zero-order valence-corrected chi connectivity index (χ0v) is 15.6. The fourth-order valence-electron chi connectivity index (χ4n) is 3.96. The third-order valence-electron chi connectivity index (χ3n) is 5.54. The van der Waals surface area contributed by atoms with Crippen LogP contribution in [0.4, 0.5) is 10.1 Å². The van der Waals surface area contributed by atoms with Gasteiger partial charge in [-0.1, -0.05) is 30.3 Å². The lowest BCUT2D eigenvalue weighted by Crippen LogP contribution is -2.45. The molecule has 1 fully saturated rings. The van der Waals surface area contributed by atoms with Crippen molar-refractivity contribution < 1.29 is 18.7 Å². The molecule has 0 unspecified atom stereocenters. The molecule has 0 atom stereocenters. The summed E-state index contributed by atoms with van der Waals surface area (Å²) in [5, 5.41) is 0. The molecule has 0 saturated carbocycles. The van der Waals surface area contributed by atoms with E-state index in [0.717, 1.165) is 18.7 Å². The van der Waals surface area contributed by atoms with Crippen molar-refractivity contribution in [3.63, 3.8) is 0 Å². The number of carbonyl (C=O) groups excluding carboxylic acids is 2. The van der Waals surface area contributed by atoms with Crippen molar-refractivity contribution in [1.29, 1.82) is 0 Å². The molecule has 2 aliphatic heterocycles. The van der Waals surface area contributed by atoms with Crippen LogP contribution < -0.4 is 9.64 Å². The summed E-state index contributed by atoms with van der Waals surface area (Å²) in [6.07, 6.45) is 2.18. The minimum Gasteiger partial charge on any atom is -0.481 e. The van der Waals surface area contributed by atoms with Crippen molar-refractivity contribution in [2.24, 2.45) is 5.92 Å². The Bertz CT molecular complexity index is 878. The van der Waals surface area contributed by atoms with Gasteiger partial charge in [-0.3, -0.25) is 9.59 Å². The number of ether oxygens (including phenoxy) is 1. The number of benzene rings is 2. The van der Waals surface area contributed by atoms with Crippen LogP contribution in [0, 0.1) is 11.7 Å². The quantitative estimate of drug-likeness (QED) is 0.817. The second-order valence-corrected chi connectivity index (χ2v) is 7.24. The number of hydrogen-bond acceptors (Lipinski definition) is 3. The Morgan fingerprint density at radius 2 is 1.71 bits per heavy atom. The second kappa shape index (κ2) is 8.00. The zero-order valence-electron chi connectivity index (χ0n) is 15.6. The van der Waals surface area contributed by atoms with Crippen LogP contribution in [0.25, 0.3) is 0 Å². The second-order valence-electron chi connectivity index (χ2n) is 7.24. The lowest BCUT2D eigenvalue weighted by molar-refractivity contribution is -0.136. The van der Waals surface area contributed by atoms with E-state index in [0.29, 0.717) is 25.9 Å². The molecule has 0 radical (unpaired) electrons. The van der Waals surface area contributed by atoms with Gasteiger partial charge in [-0.2, -0.15) is 0 Å². The number of rotatable bonds is 4. The molecule has 146 valence electrons. The Hall–Kier alpha value is -2.89.